The van der Waals surface area contributed by atoms with Gasteiger partial charge in [-0.1, -0.05) is 0 Å². The van der Waals surface area contributed by atoms with Gasteiger partial charge in [-0.05, 0) is 0 Å². The first-order chi connectivity index (χ1) is 9.86. The summed E-state index contributed by atoms with van der Waals surface area (Å²) in [4.78, 5) is 13.2. The Bertz CT molecular complexity index is 464. The number of morpholine rings is 1. The molecule has 21 heavy (non-hydrogen) atoms. The lowest BCUT2D eigenvalue weighted by Crippen LogP contribution is -2.51. The van der Waals surface area contributed by atoms with Crippen LogP contribution in [0.3, 0.4) is 0 Å². The number of rotatable bonds is 5. The predicted octanol–water partition coefficient (Wildman–Crippen LogP) is 2.13. The maximum Gasteiger partial charge on any atom is 0.416 e. The molecule has 0 aliphatic carbocycles. The zero-order valence-electron chi connectivity index (χ0n) is 11.4. The van der Waals surface area contributed by atoms with Gasteiger partial charge in [-0.15, -0.1) is 12.3 Å². The average molecular weight is 303 g/mol. The van der Waals surface area contributed by atoms with E-state index in [1.54, 1.807) is 0 Å². The van der Waals surface area contributed by atoms with Gasteiger partial charge in [-0.3, -0.25) is 4.79 Å². The van der Waals surface area contributed by atoms with Crippen molar-refractivity contribution >= 4 is 5.91 Å². The van der Waals surface area contributed by atoms with Gasteiger partial charge < -0.3 is 9.64 Å². The van der Waals surface area contributed by atoms with E-state index in [-0.39, 0.29) is 25.5 Å². The van der Waals surface area contributed by atoms with Gasteiger partial charge in [0.05, 0.1) is 13.2 Å². The molecule has 1 amide bonds. The van der Waals surface area contributed by atoms with Gasteiger partial charge in [0.2, 0.25) is 5.91 Å². The van der Waals surface area contributed by atoms with E-state index in [4.69, 9.17) is 6.42 Å². The van der Waals surface area contributed by atoms with Crippen LogP contribution in [0.1, 0.15) is 25.7 Å². The second-order valence-electron chi connectivity index (χ2n) is 5.13. The first-order valence-electron chi connectivity index (χ1n) is 6.70. The largest absolute Gasteiger partial charge is 0.416 e. The van der Waals surface area contributed by atoms with E-state index in [0.717, 1.165) is 0 Å². The van der Waals surface area contributed by atoms with Crippen molar-refractivity contribution in [2.75, 3.05) is 19.7 Å². The van der Waals surface area contributed by atoms with E-state index in [0.29, 0.717) is 19.3 Å². The van der Waals surface area contributed by atoms with Crippen molar-refractivity contribution in [1.29, 1.82) is 0 Å². The zero-order valence-corrected chi connectivity index (χ0v) is 11.4. The third-order valence-electron chi connectivity index (χ3n) is 3.58. The molecule has 116 valence electrons. The number of carbonyl (C=O) groups is 1. The minimum Gasteiger partial charge on any atom is -0.365 e. The van der Waals surface area contributed by atoms with Crippen molar-refractivity contribution in [1.82, 2.24) is 4.90 Å². The van der Waals surface area contributed by atoms with Crippen LogP contribution < -0.4 is 0 Å². The van der Waals surface area contributed by atoms with Crippen LogP contribution in [0, 0.1) is 12.3 Å². The second-order valence-corrected chi connectivity index (χ2v) is 5.13. The lowest BCUT2D eigenvalue weighted by molar-refractivity contribution is -0.236. The number of carbonyl (C=O) groups excluding carboxylic acids is 1. The smallest absolute Gasteiger partial charge is 0.365 e. The molecule has 0 aromatic rings. The molecule has 1 fully saturated rings. The zero-order chi connectivity index (χ0) is 15.5. The molecule has 1 saturated heterocycles. The molecule has 8 heteroatoms. The van der Waals surface area contributed by atoms with E-state index in [2.05, 4.69) is 20.9 Å². The van der Waals surface area contributed by atoms with Crippen LogP contribution in [0.4, 0.5) is 13.2 Å². The maximum atomic E-state index is 12.6. The Morgan fingerprint density at radius 1 is 1.43 bits per heavy atom. The van der Waals surface area contributed by atoms with Gasteiger partial charge in [0.1, 0.15) is 0 Å². The molecule has 1 unspecified atom stereocenters. The number of amides is 1. The normalized spacial score (nSPS) is 23.7. The van der Waals surface area contributed by atoms with Gasteiger partial charge in [-0.25, -0.2) is 0 Å². The molecule has 2 rings (SSSR count). The second kappa shape index (κ2) is 6.02. The summed E-state index contributed by atoms with van der Waals surface area (Å²) < 4.78 is 42.4. The first-order valence-corrected chi connectivity index (χ1v) is 6.70. The van der Waals surface area contributed by atoms with E-state index < -0.39 is 24.5 Å². The Kier molecular flexibility index (Phi) is 4.52. The third-order valence-corrected chi connectivity index (χ3v) is 3.58. The van der Waals surface area contributed by atoms with Crippen LogP contribution in [0.15, 0.2) is 10.2 Å². The Hall–Kier alpha value is -1.62. The highest BCUT2D eigenvalue weighted by atomic mass is 19.4. The monoisotopic (exact) mass is 303 g/mol. The topological polar surface area (TPSA) is 54.3 Å². The molecule has 2 heterocycles. The summed E-state index contributed by atoms with van der Waals surface area (Å²) >= 11 is 0. The van der Waals surface area contributed by atoms with Gasteiger partial charge in [0, 0.05) is 32.2 Å². The van der Waals surface area contributed by atoms with Crippen LogP contribution in [0.2, 0.25) is 0 Å². The fourth-order valence-corrected chi connectivity index (χ4v) is 2.21. The minimum absolute atomic E-state index is 0.104. The number of halogens is 3. The lowest BCUT2D eigenvalue weighted by atomic mass is 10.0. The van der Waals surface area contributed by atoms with Gasteiger partial charge >= 0.3 is 6.18 Å². The van der Waals surface area contributed by atoms with Crippen LogP contribution in [-0.2, 0) is 9.53 Å². The highest BCUT2D eigenvalue weighted by molar-refractivity contribution is 5.76. The first kappa shape index (κ1) is 15.8. The van der Waals surface area contributed by atoms with Crippen molar-refractivity contribution in [3.63, 3.8) is 0 Å². The SMILES string of the molecule is C#CCCC1(CCC(=O)N2CCOC(C(F)(F)F)C2)N=N1. The minimum atomic E-state index is -4.45. The van der Waals surface area contributed by atoms with Gasteiger partial charge in [0.15, 0.2) is 11.8 Å². The Morgan fingerprint density at radius 2 is 2.14 bits per heavy atom. The third kappa shape index (κ3) is 4.17. The molecular formula is C13H16F3N3O2. The van der Waals surface area contributed by atoms with Crippen LogP contribution in [0.5, 0.6) is 0 Å². The molecule has 1 atom stereocenters. The molecule has 0 bridgehead atoms. The van der Waals surface area contributed by atoms with E-state index in [1.807, 2.05) is 0 Å². The standard InChI is InChI=1S/C13H16F3N3O2/c1-2-3-5-12(17-18-12)6-4-11(20)19-7-8-21-10(9-19)13(14,15)16/h1,10H,3-9H2. The Morgan fingerprint density at radius 3 is 2.71 bits per heavy atom. The van der Waals surface area contributed by atoms with E-state index in [9.17, 15) is 18.0 Å². The highest BCUT2D eigenvalue weighted by Gasteiger charge is 2.45. The number of nitrogens with zero attached hydrogens (tertiary/aromatic N) is 3. The quantitative estimate of drug-likeness (QED) is 0.731. The Labute approximate surface area is 120 Å². The molecule has 0 N–H and O–H groups in total. The van der Waals surface area contributed by atoms with Crippen LogP contribution in [-0.4, -0.2) is 48.4 Å². The highest BCUT2D eigenvalue weighted by Crippen LogP contribution is 2.37. The maximum absolute atomic E-state index is 12.6. The molecule has 0 aromatic carbocycles. The average Bonchev–Trinajstić information content (AvgIpc) is 3.22. The van der Waals surface area contributed by atoms with Crippen molar-refractivity contribution < 1.29 is 22.7 Å². The lowest BCUT2D eigenvalue weighted by Gasteiger charge is -2.34. The van der Waals surface area contributed by atoms with E-state index in [1.165, 1.54) is 4.90 Å². The number of hydrogen-bond acceptors (Lipinski definition) is 4. The summed E-state index contributed by atoms with van der Waals surface area (Å²) in [5, 5.41) is 7.79. The van der Waals surface area contributed by atoms with Crippen molar-refractivity contribution in [2.45, 2.75) is 43.6 Å². The number of ether oxygens (including phenoxy) is 1. The molecule has 5 nitrogen and oxygen atoms in total. The number of alkyl halides is 3. The van der Waals surface area contributed by atoms with Crippen molar-refractivity contribution in [3.8, 4) is 12.3 Å². The predicted molar refractivity (Wildman–Crippen MR) is 67.3 cm³/mol. The summed E-state index contributed by atoms with van der Waals surface area (Å²) in [7, 11) is 0. The van der Waals surface area contributed by atoms with Gasteiger partial charge in [0.25, 0.3) is 0 Å². The molecule has 0 radical (unpaired) electrons. The van der Waals surface area contributed by atoms with Crippen LogP contribution >= 0.6 is 0 Å². The molecule has 0 saturated carbocycles. The van der Waals surface area contributed by atoms with Crippen molar-refractivity contribution in [2.24, 2.45) is 10.2 Å². The summed E-state index contributed by atoms with van der Waals surface area (Å²) in [6.45, 7) is -0.377. The fourth-order valence-electron chi connectivity index (χ4n) is 2.21. The van der Waals surface area contributed by atoms with E-state index >= 15 is 0 Å². The summed E-state index contributed by atoms with van der Waals surface area (Å²) in [5.74, 6) is 2.15. The Balaban J connectivity index is 1.80. The summed E-state index contributed by atoms with van der Waals surface area (Å²) in [6.07, 6.45) is 0.398. The van der Waals surface area contributed by atoms with Crippen molar-refractivity contribution in [3.05, 3.63) is 0 Å². The number of terminal acetylenes is 1. The molecule has 0 spiro atoms. The van der Waals surface area contributed by atoms with Crippen LogP contribution in [0.25, 0.3) is 0 Å². The number of hydrogen-bond donors (Lipinski definition) is 0. The summed E-state index contributed by atoms with van der Waals surface area (Å²) in [6, 6.07) is 0. The molecule has 2 aliphatic heterocycles. The molecular weight excluding hydrogens is 287 g/mol. The fraction of sp³-hybridized carbons (Fsp3) is 0.769. The molecule has 2 aliphatic rings. The molecule has 0 aromatic heterocycles. The summed E-state index contributed by atoms with van der Waals surface area (Å²) in [5.41, 5.74) is -0.586. The van der Waals surface area contributed by atoms with Gasteiger partial charge in [-0.2, -0.15) is 23.4 Å².